The molecular formula is C13H17F3O2S. The third kappa shape index (κ3) is 5.84. The quantitative estimate of drug-likeness (QED) is 0.804. The highest BCUT2D eigenvalue weighted by molar-refractivity contribution is 8.00. The number of hydrogen-bond acceptors (Lipinski definition) is 3. The first kappa shape index (κ1) is 16.3. The topological polar surface area (TPSA) is 29.5 Å². The smallest absolute Gasteiger partial charge is 0.388 e. The Labute approximate surface area is 115 Å². The number of halogens is 3. The van der Waals surface area contributed by atoms with Crippen LogP contribution in [0.3, 0.4) is 0 Å². The molecule has 6 heteroatoms. The van der Waals surface area contributed by atoms with Crippen molar-refractivity contribution in [3.63, 3.8) is 0 Å². The van der Waals surface area contributed by atoms with Crippen molar-refractivity contribution in [3.8, 4) is 0 Å². The van der Waals surface area contributed by atoms with Crippen molar-refractivity contribution in [2.45, 2.75) is 29.9 Å². The third-order valence-electron chi connectivity index (χ3n) is 2.77. The van der Waals surface area contributed by atoms with Crippen LogP contribution >= 0.6 is 11.8 Å². The molecule has 2 atom stereocenters. The van der Waals surface area contributed by atoms with E-state index in [-0.39, 0.29) is 22.6 Å². The Balaban J connectivity index is 2.65. The average Bonchev–Trinajstić information content (AvgIpc) is 2.34. The molecule has 0 fully saturated rings. The zero-order valence-corrected chi connectivity index (χ0v) is 11.6. The molecular weight excluding hydrogens is 277 g/mol. The number of aliphatic hydroxyl groups excluding tert-OH is 1. The van der Waals surface area contributed by atoms with Crippen LogP contribution in [0.1, 0.15) is 25.0 Å². The van der Waals surface area contributed by atoms with Crippen LogP contribution in [-0.4, -0.2) is 24.3 Å². The highest BCUT2D eigenvalue weighted by Crippen LogP contribution is 2.37. The largest absolute Gasteiger partial charge is 0.446 e. The molecule has 2 nitrogen and oxygen atoms in total. The summed E-state index contributed by atoms with van der Waals surface area (Å²) >= 11 is -0.158. The summed E-state index contributed by atoms with van der Waals surface area (Å²) in [4.78, 5) is 0.119. The molecule has 0 aliphatic carbocycles. The fourth-order valence-electron chi connectivity index (χ4n) is 1.66. The molecule has 1 aromatic carbocycles. The van der Waals surface area contributed by atoms with Gasteiger partial charge in [0.2, 0.25) is 0 Å². The zero-order valence-electron chi connectivity index (χ0n) is 10.8. The van der Waals surface area contributed by atoms with Crippen LogP contribution in [0.25, 0.3) is 0 Å². The summed E-state index contributed by atoms with van der Waals surface area (Å²) in [6.07, 6.45) is -0.00317. The standard InChI is InChI=1S/C13H17F3O2S/c1-9(7-8-18-2)12(17)10-3-5-11(6-4-10)19-13(14,15)16/h3-6,9,12,17H,7-8H2,1-2H3. The van der Waals surface area contributed by atoms with Crippen molar-refractivity contribution in [1.29, 1.82) is 0 Å². The van der Waals surface area contributed by atoms with Gasteiger partial charge < -0.3 is 9.84 Å². The molecule has 0 heterocycles. The van der Waals surface area contributed by atoms with E-state index in [4.69, 9.17) is 4.74 Å². The van der Waals surface area contributed by atoms with E-state index in [2.05, 4.69) is 0 Å². The predicted octanol–water partition coefficient (Wildman–Crippen LogP) is 4.00. The zero-order chi connectivity index (χ0) is 14.5. The predicted molar refractivity (Wildman–Crippen MR) is 69.0 cm³/mol. The Kier molecular flexibility index (Phi) is 6.16. The van der Waals surface area contributed by atoms with Crippen LogP contribution in [0.15, 0.2) is 29.2 Å². The highest BCUT2D eigenvalue weighted by Gasteiger charge is 2.29. The molecule has 1 rings (SSSR count). The van der Waals surface area contributed by atoms with Crippen LogP contribution in [-0.2, 0) is 4.74 Å². The van der Waals surface area contributed by atoms with Crippen molar-refractivity contribution < 1.29 is 23.0 Å². The van der Waals surface area contributed by atoms with Gasteiger partial charge in [0.15, 0.2) is 0 Å². The lowest BCUT2D eigenvalue weighted by Crippen LogP contribution is -2.11. The van der Waals surface area contributed by atoms with E-state index in [9.17, 15) is 18.3 Å². The molecule has 0 spiro atoms. The van der Waals surface area contributed by atoms with E-state index < -0.39 is 11.6 Å². The fourth-order valence-corrected chi connectivity index (χ4v) is 2.20. The molecule has 0 bridgehead atoms. The van der Waals surface area contributed by atoms with Gasteiger partial charge in [-0.15, -0.1) is 0 Å². The molecule has 0 aromatic heterocycles. The molecule has 108 valence electrons. The normalized spacial score (nSPS) is 15.3. The maximum absolute atomic E-state index is 12.2. The first-order valence-electron chi connectivity index (χ1n) is 5.86. The summed E-state index contributed by atoms with van der Waals surface area (Å²) in [5.74, 6) is -0.0129. The van der Waals surface area contributed by atoms with Crippen molar-refractivity contribution in [3.05, 3.63) is 29.8 Å². The lowest BCUT2D eigenvalue weighted by molar-refractivity contribution is -0.0328. The molecule has 2 unspecified atom stereocenters. The highest BCUT2D eigenvalue weighted by atomic mass is 32.2. The Morgan fingerprint density at radius 2 is 1.84 bits per heavy atom. The molecule has 0 amide bonds. The van der Waals surface area contributed by atoms with Crippen molar-refractivity contribution >= 4 is 11.8 Å². The van der Waals surface area contributed by atoms with Crippen LogP contribution in [0.4, 0.5) is 13.2 Å². The van der Waals surface area contributed by atoms with E-state index in [0.29, 0.717) is 18.6 Å². The van der Waals surface area contributed by atoms with Crippen LogP contribution < -0.4 is 0 Å². The van der Waals surface area contributed by atoms with Crippen molar-refractivity contribution in [2.24, 2.45) is 5.92 Å². The number of rotatable bonds is 6. The first-order chi connectivity index (χ1) is 8.83. The van der Waals surface area contributed by atoms with Crippen molar-refractivity contribution in [1.82, 2.24) is 0 Å². The summed E-state index contributed by atoms with van der Waals surface area (Å²) < 4.78 is 41.4. The molecule has 1 N–H and O–H groups in total. The van der Waals surface area contributed by atoms with Crippen molar-refractivity contribution in [2.75, 3.05) is 13.7 Å². The lowest BCUT2D eigenvalue weighted by atomic mass is 9.95. The summed E-state index contributed by atoms with van der Waals surface area (Å²) in [5.41, 5.74) is -3.67. The SMILES string of the molecule is COCCC(C)C(O)c1ccc(SC(F)(F)F)cc1. The maximum Gasteiger partial charge on any atom is 0.446 e. The molecule has 1 aromatic rings. The Morgan fingerprint density at radius 1 is 1.26 bits per heavy atom. The van der Waals surface area contributed by atoms with Gasteiger partial charge in [-0.3, -0.25) is 0 Å². The molecule has 0 aliphatic rings. The van der Waals surface area contributed by atoms with Gasteiger partial charge in [0.25, 0.3) is 0 Å². The van der Waals surface area contributed by atoms with Crippen LogP contribution in [0, 0.1) is 5.92 Å². The lowest BCUT2D eigenvalue weighted by Gasteiger charge is -2.19. The molecule has 19 heavy (non-hydrogen) atoms. The number of methoxy groups -OCH3 is 1. The van der Waals surface area contributed by atoms with Gasteiger partial charge in [0.1, 0.15) is 0 Å². The molecule has 0 saturated carbocycles. The number of aliphatic hydroxyl groups is 1. The van der Waals surface area contributed by atoms with E-state index in [0.717, 1.165) is 0 Å². The molecule has 0 saturated heterocycles. The molecule has 0 radical (unpaired) electrons. The van der Waals surface area contributed by atoms with Gasteiger partial charge in [-0.2, -0.15) is 13.2 Å². The summed E-state index contributed by atoms with van der Waals surface area (Å²) in [7, 11) is 1.59. The van der Waals surface area contributed by atoms with Crippen LogP contribution in [0.2, 0.25) is 0 Å². The Hall–Kier alpha value is -0.720. The van der Waals surface area contributed by atoms with E-state index in [1.54, 1.807) is 7.11 Å². The summed E-state index contributed by atoms with van der Waals surface area (Å²) in [6, 6.07) is 5.81. The number of alkyl halides is 3. The van der Waals surface area contributed by atoms with Crippen LogP contribution in [0.5, 0.6) is 0 Å². The van der Waals surface area contributed by atoms with Gasteiger partial charge in [0.05, 0.1) is 6.10 Å². The monoisotopic (exact) mass is 294 g/mol. The Morgan fingerprint density at radius 3 is 2.32 bits per heavy atom. The maximum atomic E-state index is 12.2. The number of thioether (sulfide) groups is 1. The second-order valence-electron chi connectivity index (χ2n) is 4.32. The summed E-state index contributed by atoms with van der Waals surface area (Å²) in [5, 5.41) is 10.1. The fraction of sp³-hybridized carbons (Fsp3) is 0.538. The minimum atomic E-state index is -4.29. The minimum Gasteiger partial charge on any atom is -0.388 e. The first-order valence-corrected chi connectivity index (χ1v) is 6.68. The Bertz CT molecular complexity index is 378. The average molecular weight is 294 g/mol. The van der Waals surface area contributed by atoms with E-state index in [1.165, 1.54) is 24.3 Å². The number of ether oxygens (including phenoxy) is 1. The second kappa shape index (κ2) is 7.17. The van der Waals surface area contributed by atoms with Gasteiger partial charge in [-0.05, 0) is 41.8 Å². The number of hydrogen-bond donors (Lipinski definition) is 1. The number of benzene rings is 1. The van der Waals surface area contributed by atoms with E-state index in [1.807, 2.05) is 6.92 Å². The van der Waals surface area contributed by atoms with Gasteiger partial charge in [-0.1, -0.05) is 19.1 Å². The van der Waals surface area contributed by atoms with Gasteiger partial charge in [-0.25, -0.2) is 0 Å². The minimum absolute atomic E-state index is 0.0129. The van der Waals surface area contributed by atoms with E-state index >= 15 is 0 Å². The molecule has 0 aliphatic heterocycles. The van der Waals surface area contributed by atoms with Gasteiger partial charge >= 0.3 is 5.51 Å². The third-order valence-corrected chi connectivity index (χ3v) is 3.51. The second-order valence-corrected chi connectivity index (χ2v) is 5.46. The summed E-state index contributed by atoms with van der Waals surface area (Å²) in [6.45, 7) is 2.42. The van der Waals surface area contributed by atoms with Gasteiger partial charge in [0, 0.05) is 18.6 Å².